The Morgan fingerprint density at radius 3 is 2.58 bits per heavy atom. The SMILES string of the molecule is CC(C)(C)[S@](=O)N[C@@H](Cc1ccccn1)c1ccccc1-c1noc2c(Br)cccc12. The van der Waals surface area contributed by atoms with Crippen LogP contribution < -0.4 is 4.72 Å². The second kappa shape index (κ2) is 9.02. The largest absolute Gasteiger partial charge is 0.354 e. The third kappa shape index (κ3) is 4.79. The van der Waals surface area contributed by atoms with E-state index in [-0.39, 0.29) is 6.04 Å². The Morgan fingerprint density at radius 1 is 1.06 bits per heavy atom. The van der Waals surface area contributed by atoms with Gasteiger partial charge in [-0.25, -0.2) is 8.93 Å². The summed E-state index contributed by atoms with van der Waals surface area (Å²) in [6.45, 7) is 5.88. The quantitative estimate of drug-likeness (QED) is 0.355. The minimum absolute atomic E-state index is 0.218. The normalized spacial score (nSPS) is 13.9. The maximum Gasteiger partial charge on any atom is 0.181 e. The van der Waals surface area contributed by atoms with E-state index >= 15 is 0 Å². The van der Waals surface area contributed by atoms with Crippen molar-refractivity contribution in [2.75, 3.05) is 0 Å². The Morgan fingerprint density at radius 2 is 1.84 bits per heavy atom. The molecule has 0 fully saturated rings. The van der Waals surface area contributed by atoms with Crippen molar-refractivity contribution in [3.63, 3.8) is 0 Å². The lowest BCUT2D eigenvalue weighted by Gasteiger charge is -2.25. The molecule has 4 rings (SSSR count). The molecular formula is C24H24BrN3O2S. The van der Waals surface area contributed by atoms with Crippen LogP contribution in [0.5, 0.6) is 0 Å². The van der Waals surface area contributed by atoms with Gasteiger partial charge in [0.2, 0.25) is 0 Å². The molecule has 0 saturated heterocycles. The number of halogens is 1. The summed E-state index contributed by atoms with van der Waals surface area (Å²) in [5.74, 6) is 0. The highest BCUT2D eigenvalue weighted by atomic mass is 79.9. The Bertz CT molecular complexity index is 1220. The minimum Gasteiger partial charge on any atom is -0.354 e. The summed E-state index contributed by atoms with van der Waals surface area (Å²) in [5.41, 5.74) is 4.34. The topological polar surface area (TPSA) is 68.0 Å². The molecule has 0 aliphatic rings. The summed E-state index contributed by atoms with van der Waals surface area (Å²) < 4.78 is 22.5. The van der Waals surface area contributed by atoms with Crippen LogP contribution in [0.15, 0.2) is 75.9 Å². The monoisotopic (exact) mass is 497 g/mol. The van der Waals surface area contributed by atoms with Gasteiger partial charge < -0.3 is 4.52 Å². The fraction of sp³-hybridized carbons (Fsp3) is 0.250. The van der Waals surface area contributed by atoms with E-state index in [1.807, 2.05) is 81.4 Å². The van der Waals surface area contributed by atoms with Crippen molar-refractivity contribution in [1.82, 2.24) is 14.9 Å². The van der Waals surface area contributed by atoms with E-state index in [0.29, 0.717) is 12.0 Å². The second-order valence-corrected chi connectivity index (χ2v) is 11.2. The first-order valence-electron chi connectivity index (χ1n) is 10.1. The van der Waals surface area contributed by atoms with Crippen LogP contribution in [0.2, 0.25) is 0 Å². The molecule has 0 amide bonds. The zero-order chi connectivity index (χ0) is 22.0. The van der Waals surface area contributed by atoms with Gasteiger partial charge in [0.1, 0.15) is 5.69 Å². The third-order valence-corrected chi connectivity index (χ3v) is 7.22. The molecule has 0 aliphatic heterocycles. The lowest BCUT2D eigenvalue weighted by Crippen LogP contribution is -2.36. The molecule has 31 heavy (non-hydrogen) atoms. The van der Waals surface area contributed by atoms with Gasteiger partial charge in [-0.2, -0.15) is 0 Å². The Kier molecular flexibility index (Phi) is 6.36. The van der Waals surface area contributed by atoms with E-state index < -0.39 is 15.7 Å². The maximum absolute atomic E-state index is 13.0. The van der Waals surface area contributed by atoms with Gasteiger partial charge >= 0.3 is 0 Å². The number of fused-ring (bicyclic) bond motifs is 1. The molecule has 2 aromatic carbocycles. The van der Waals surface area contributed by atoms with Crippen molar-refractivity contribution >= 4 is 37.9 Å². The first kappa shape index (κ1) is 21.9. The molecule has 0 unspecified atom stereocenters. The Balaban J connectivity index is 1.81. The molecule has 4 aromatic rings. The summed E-state index contributed by atoms with van der Waals surface area (Å²) in [6.07, 6.45) is 2.38. The molecule has 2 heterocycles. The summed E-state index contributed by atoms with van der Waals surface area (Å²) in [6, 6.07) is 19.6. The molecule has 0 aliphatic carbocycles. The molecule has 5 nitrogen and oxygen atoms in total. The Hall–Kier alpha value is -2.35. The number of aromatic nitrogens is 2. The first-order valence-corrected chi connectivity index (χ1v) is 12.0. The van der Waals surface area contributed by atoms with E-state index in [2.05, 4.69) is 30.8 Å². The zero-order valence-corrected chi connectivity index (χ0v) is 20.0. The van der Waals surface area contributed by atoms with Crippen molar-refractivity contribution in [2.45, 2.75) is 38.0 Å². The van der Waals surface area contributed by atoms with Crippen LogP contribution in [-0.2, 0) is 17.4 Å². The summed E-state index contributed by atoms with van der Waals surface area (Å²) in [7, 11) is -1.26. The average molecular weight is 498 g/mol. The van der Waals surface area contributed by atoms with Crippen molar-refractivity contribution in [3.05, 3.63) is 82.6 Å². The lowest BCUT2D eigenvalue weighted by atomic mass is 9.94. The van der Waals surface area contributed by atoms with Crippen LogP contribution in [0, 0.1) is 0 Å². The van der Waals surface area contributed by atoms with Crippen molar-refractivity contribution in [3.8, 4) is 11.3 Å². The smallest absolute Gasteiger partial charge is 0.181 e. The molecule has 0 bridgehead atoms. The van der Waals surface area contributed by atoms with Crippen molar-refractivity contribution in [2.24, 2.45) is 0 Å². The number of rotatable bonds is 6. The highest BCUT2D eigenvalue weighted by Crippen LogP contribution is 2.36. The standard InChI is InChI=1S/C24H24BrN3O2S/c1-24(2,3)31(29)28-21(15-16-9-6-7-14-26-16)17-10-4-5-11-18(17)22-19-12-8-13-20(25)23(19)30-27-22/h4-14,21,28H,15H2,1-3H3/t21-,31-/m0/s1. The molecular weight excluding hydrogens is 474 g/mol. The van der Waals surface area contributed by atoms with Gasteiger partial charge in [0.05, 0.1) is 31.6 Å². The molecule has 1 N–H and O–H groups in total. The fourth-order valence-corrected chi connectivity index (χ4v) is 4.65. The van der Waals surface area contributed by atoms with Crippen LogP contribution in [0.4, 0.5) is 0 Å². The van der Waals surface area contributed by atoms with Crippen LogP contribution in [0.1, 0.15) is 38.1 Å². The van der Waals surface area contributed by atoms with E-state index in [1.54, 1.807) is 6.20 Å². The van der Waals surface area contributed by atoms with Gasteiger partial charge in [-0.3, -0.25) is 4.98 Å². The number of benzene rings is 2. The molecule has 2 atom stereocenters. The third-order valence-electron chi connectivity index (χ3n) is 4.99. The van der Waals surface area contributed by atoms with Gasteiger partial charge in [-0.15, -0.1) is 0 Å². The average Bonchev–Trinajstić information content (AvgIpc) is 3.19. The molecule has 2 aromatic heterocycles. The number of nitrogens with one attached hydrogen (secondary N) is 1. The number of hydrogen-bond donors (Lipinski definition) is 1. The second-order valence-electron chi connectivity index (χ2n) is 8.31. The van der Waals surface area contributed by atoms with E-state index in [0.717, 1.165) is 32.4 Å². The van der Waals surface area contributed by atoms with Crippen molar-refractivity contribution in [1.29, 1.82) is 0 Å². The predicted octanol–water partition coefficient (Wildman–Crippen LogP) is 5.99. The fourth-order valence-electron chi connectivity index (χ4n) is 3.39. The highest BCUT2D eigenvalue weighted by molar-refractivity contribution is 9.10. The Labute approximate surface area is 193 Å². The van der Waals surface area contributed by atoms with Crippen molar-refractivity contribution < 1.29 is 8.73 Å². The molecule has 7 heteroatoms. The molecule has 0 spiro atoms. The first-order chi connectivity index (χ1) is 14.8. The van der Waals surface area contributed by atoms with E-state index in [4.69, 9.17) is 4.52 Å². The zero-order valence-electron chi connectivity index (χ0n) is 17.6. The van der Waals surface area contributed by atoms with Crippen LogP contribution >= 0.6 is 15.9 Å². The van der Waals surface area contributed by atoms with Gasteiger partial charge in [0, 0.05) is 23.9 Å². The van der Waals surface area contributed by atoms with Gasteiger partial charge in [-0.05, 0) is 66.5 Å². The number of nitrogens with zero attached hydrogens (tertiary/aromatic N) is 2. The number of pyridine rings is 1. The number of para-hydroxylation sites is 1. The summed E-state index contributed by atoms with van der Waals surface area (Å²) in [4.78, 5) is 4.49. The molecule has 160 valence electrons. The van der Waals surface area contributed by atoms with Gasteiger partial charge in [-0.1, -0.05) is 41.6 Å². The number of hydrogen-bond acceptors (Lipinski definition) is 4. The molecule has 0 radical (unpaired) electrons. The highest BCUT2D eigenvalue weighted by Gasteiger charge is 2.27. The van der Waals surface area contributed by atoms with E-state index in [1.165, 1.54) is 0 Å². The minimum atomic E-state index is -1.26. The summed E-state index contributed by atoms with van der Waals surface area (Å²) >= 11 is 3.53. The molecule has 0 saturated carbocycles. The maximum atomic E-state index is 13.0. The van der Waals surface area contributed by atoms with Crippen LogP contribution in [-0.4, -0.2) is 19.1 Å². The van der Waals surface area contributed by atoms with Gasteiger partial charge in [0.15, 0.2) is 5.58 Å². The lowest BCUT2D eigenvalue weighted by molar-refractivity contribution is 0.458. The van der Waals surface area contributed by atoms with E-state index in [9.17, 15) is 4.21 Å². The predicted molar refractivity (Wildman–Crippen MR) is 129 cm³/mol. The van der Waals surface area contributed by atoms with Gasteiger partial charge in [0.25, 0.3) is 0 Å². The summed E-state index contributed by atoms with van der Waals surface area (Å²) in [5, 5.41) is 5.31. The van der Waals surface area contributed by atoms with Crippen LogP contribution in [0.3, 0.4) is 0 Å². The van der Waals surface area contributed by atoms with Crippen LogP contribution in [0.25, 0.3) is 22.2 Å².